The molecule has 3 rings (SSSR count). The summed E-state index contributed by atoms with van der Waals surface area (Å²) in [4.78, 5) is 0. The summed E-state index contributed by atoms with van der Waals surface area (Å²) in [6.45, 7) is 2.26. The molecule has 0 radical (unpaired) electrons. The van der Waals surface area contributed by atoms with Crippen LogP contribution in [-0.2, 0) is 0 Å². The molecule has 1 aromatic carbocycles. The normalized spacial score (nSPS) is 29.5. The molecule has 0 heterocycles. The van der Waals surface area contributed by atoms with Gasteiger partial charge >= 0.3 is 6.36 Å². The van der Waals surface area contributed by atoms with E-state index >= 15 is 0 Å². The second kappa shape index (κ2) is 8.83. The highest BCUT2D eigenvalue weighted by Crippen LogP contribution is 2.44. The van der Waals surface area contributed by atoms with Crippen LogP contribution in [-0.4, -0.2) is 6.36 Å². The molecule has 0 aliphatic heterocycles. The van der Waals surface area contributed by atoms with Gasteiger partial charge in [-0.2, -0.15) is 0 Å². The summed E-state index contributed by atoms with van der Waals surface area (Å²) in [7, 11) is 0. The van der Waals surface area contributed by atoms with Crippen LogP contribution in [0.1, 0.15) is 82.6 Å². The summed E-state index contributed by atoms with van der Waals surface area (Å²) < 4.78 is 54.5. The van der Waals surface area contributed by atoms with E-state index in [1.807, 2.05) is 0 Å². The predicted molar refractivity (Wildman–Crippen MR) is 98.1 cm³/mol. The zero-order valence-electron chi connectivity index (χ0n) is 16.0. The van der Waals surface area contributed by atoms with Gasteiger partial charge in [0.2, 0.25) is 0 Å². The van der Waals surface area contributed by atoms with E-state index in [1.165, 1.54) is 44.6 Å². The molecule has 152 valence electrons. The van der Waals surface area contributed by atoms with Crippen molar-refractivity contribution in [3.8, 4) is 5.75 Å². The van der Waals surface area contributed by atoms with Gasteiger partial charge in [-0.3, -0.25) is 0 Å². The van der Waals surface area contributed by atoms with Crippen LogP contribution < -0.4 is 4.74 Å². The number of alkyl halides is 3. The minimum absolute atomic E-state index is 0.243. The van der Waals surface area contributed by atoms with Gasteiger partial charge in [-0.15, -0.1) is 13.2 Å². The van der Waals surface area contributed by atoms with Gasteiger partial charge in [0.15, 0.2) is 11.6 Å². The van der Waals surface area contributed by atoms with E-state index < -0.39 is 17.9 Å². The molecule has 1 aromatic rings. The number of ether oxygens (including phenoxy) is 1. The molecule has 2 fully saturated rings. The first-order chi connectivity index (χ1) is 12.9. The molecule has 27 heavy (non-hydrogen) atoms. The third kappa shape index (κ3) is 5.61. The number of rotatable bonds is 5. The first-order valence-corrected chi connectivity index (χ1v) is 10.4. The average Bonchev–Trinajstić information content (AvgIpc) is 2.63. The van der Waals surface area contributed by atoms with Crippen molar-refractivity contribution < 1.29 is 22.3 Å². The second-order valence-electron chi connectivity index (χ2n) is 8.42. The Morgan fingerprint density at radius 2 is 1.52 bits per heavy atom. The Balaban J connectivity index is 1.51. The molecule has 2 saturated carbocycles. The standard InChI is InChI=1S/C22H30F4O/c1-2-3-15-4-6-16(7-5-15)17-8-10-18(11-9-17)19-12-13-21(20(23)14-19)27-22(24,25)26/h12-18H,2-11H2,1H3/t15-,16-,17-,18-. The highest BCUT2D eigenvalue weighted by atomic mass is 19.4. The fourth-order valence-corrected chi connectivity index (χ4v) is 5.26. The van der Waals surface area contributed by atoms with E-state index in [4.69, 9.17) is 0 Å². The fraction of sp³-hybridized carbons (Fsp3) is 0.727. The molecule has 0 N–H and O–H groups in total. The van der Waals surface area contributed by atoms with Gasteiger partial charge in [0.1, 0.15) is 0 Å². The van der Waals surface area contributed by atoms with Crippen molar-refractivity contribution in [2.24, 2.45) is 17.8 Å². The maximum atomic E-state index is 14.0. The molecule has 2 aliphatic carbocycles. The van der Waals surface area contributed by atoms with Crippen molar-refractivity contribution in [1.82, 2.24) is 0 Å². The number of benzene rings is 1. The molecule has 0 amide bonds. The predicted octanol–water partition coefficient (Wildman–Crippen LogP) is 7.60. The average molecular weight is 386 g/mol. The number of halogens is 4. The lowest BCUT2D eigenvalue weighted by atomic mass is 9.68. The minimum Gasteiger partial charge on any atom is -0.403 e. The van der Waals surface area contributed by atoms with Gasteiger partial charge in [-0.25, -0.2) is 4.39 Å². The smallest absolute Gasteiger partial charge is 0.403 e. The Bertz CT molecular complexity index is 597. The van der Waals surface area contributed by atoms with Crippen LogP contribution >= 0.6 is 0 Å². The first kappa shape index (κ1) is 20.5. The summed E-state index contributed by atoms with van der Waals surface area (Å²) in [5.74, 6) is 1.08. The summed E-state index contributed by atoms with van der Waals surface area (Å²) in [6.07, 6.45) is 7.49. The van der Waals surface area contributed by atoms with Crippen molar-refractivity contribution in [3.05, 3.63) is 29.6 Å². The monoisotopic (exact) mass is 386 g/mol. The van der Waals surface area contributed by atoms with Gasteiger partial charge in [0.25, 0.3) is 0 Å². The molecular weight excluding hydrogens is 356 g/mol. The van der Waals surface area contributed by atoms with Crippen LogP contribution in [0.5, 0.6) is 5.75 Å². The lowest BCUT2D eigenvalue weighted by molar-refractivity contribution is -0.275. The summed E-state index contributed by atoms with van der Waals surface area (Å²) in [5, 5.41) is 0. The van der Waals surface area contributed by atoms with Gasteiger partial charge in [-0.05, 0) is 79.9 Å². The van der Waals surface area contributed by atoms with Crippen molar-refractivity contribution in [1.29, 1.82) is 0 Å². The van der Waals surface area contributed by atoms with E-state index in [2.05, 4.69) is 11.7 Å². The van der Waals surface area contributed by atoms with Gasteiger partial charge < -0.3 is 4.74 Å². The lowest BCUT2D eigenvalue weighted by Gasteiger charge is -2.38. The first-order valence-electron chi connectivity index (χ1n) is 10.4. The second-order valence-corrected chi connectivity index (χ2v) is 8.42. The van der Waals surface area contributed by atoms with Crippen molar-refractivity contribution in [2.45, 2.75) is 83.4 Å². The Morgan fingerprint density at radius 1 is 0.926 bits per heavy atom. The SMILES string of the molecule is CCC[C@H]1CC[C@H]([C@H]2CC[C@H](c3ccc(OC(F)(F)F)c(F)c3)CC2)CC1. The zero-order valence-corrected chi connectivity index (χ0v) is 16.0. The Kier molecular flexibility index (Phi) is 6.69. The molecule has 0 aromatic heterocycles. The summed E-state index contributed by atoms with van der Waals surface area (Å²) >= 11 is 0. The molecule has 0 spiro atoms. The van der Waals surface area contributed by atoms with E-state index in [0.717, 1.165) is 55.1 Å². The van der Waals surface area contributed by atoms with Crippen molar-refractivity contribution in [2.75, 3.05) is 0 Å². The van der Waals surface area contributed by atoms with Crippen LogP contribution in [0.15, 0.2) is 18.2 Å². The topological polar surface area (TPSA) is 9.23 Å². The largest absolute Gasteiger partial charge is 0.573 e. The molecule has 2 aliphatic rings. The molecule has 5 heteroatoms. The van der Waals surface area contributed by atoms with Gasteiger partial charge in [0, 0.05) is 0 Å². The number of hydrogen-bond donors (Lipinski definition) is 0. The molecule has 1 nitrogen and oxygen atoms in total. The zero-order chi connectivity index (χ0) is 19.4. The van der Waals surface area contributed by atoms with Crippen LogP contribution in [0.3, 0.4) is 0 Å². The number of hydrogen-bond acceptors (Lipinski definition) is 1. The molecule has 0 atom stereocenters. The Morgan fingerprint density at radius 3 is 2.04 bits per heavy atom. The summed E-state index contributed by atoms with van der Waals surface area (Å²) in [5.41, 5.74) is 0.798. The van der Waals surface area contributed by atoms with Crippen LogP contribution in [0.2, 0.25) is 0 Å². The van der Waals surface area contributed by atoms with Crippen molar-refractivity contribution in [3.63, 3.8) is 0 Å². The molecule has 0 unspecified atom stereocenters. The highest BCUT2D eigenvalue weighted by molar-refractivity contribution is 5.31. The minimum atomic E-state index is -4.86. The fourth-order valence-electron chi connectivity index (χ4n) is 5.26. The molecule has 0 saturated heterocycles. The third-order valence-corrected chi connectivity index (χ3v) is 6.68. The summed E-state index contributed by atoms with van der Waals surface area (Å²) in [6, 6.07) is 3.92. The van der Waals surface area contributed by atoms with E-state index in [0.29, 0.717) is 0 Å². The maximum absolute atomic E-state index is 14.0. The third-order valence-electron chi connectivity index (χ3n) is 6.68. The van der Waals surface area contributed by atoms with Gasteiger partial charge in [-0.1, -0.05) is 38.7 Å². The molecule has 0 bridgehead atoms. The molecular formula is C22H30F4O. The Hall–Kier alpha value is -1.26. The van der Waals surface area contributed by atoms with Crippen LogP contribution in [0.25, 0.3) is 0 Å². The van der Waals surface area contributed by atoms with E-state index in [-0.39, 0.29) is 5.92 Å². The van der Waals surface area contributed by atoms with Crippen LogP contribution in [0.4, 0.5) is 17.6 Å². The van der Waals surface area contributed by atoms with Crippen LogP contribution in [0, 0.1) is 23.6 Å². The van der Waals surface area contributed by atoms with E-state index in [9.17, 15) is 17.6 Å². The lowest BCUT2D eigenvalue weighted by Crippen LogP contribution is -2.25. The van der Waals surface area contributed by atoms with E-state index in [1.54, 1.807) is 6.07 Å². The van der Waals surface area contributed by atoms with Gasteiger partial charge in [0.05, 0.1) is 0 Å². The highest BCUT2D eigenvalue weighted by Gasteiger charge is 2.33. The quantitative estimate of drug-likeness (QED) is 0.473. The maximum Gasteiger partial charge on any atom is 0.573 e. The van der Waals surface area contributed by atoms with Crippen molar-refractivity contribution >= 4 is 0 Å². The Labute approximate surface area is 159 Å².